The van der Waals surface area contributed by atoms with Gasteiger partial charge in [0.15, 0.2) is 0 Å². The Labute approximate surface area is 96.5 Å². The lowest BCUT2D eigenvalue weighted by atomic mass is 10.2. The Balaban J connectivity index is 2.39. The Morgan fingerprint density at radius 1 is 1.53 bits per heavy atom. The second kappa shape index (κ2) is 6.93. The molecule has 0 radical (unpaired) electrons. The first-order valence-corrected chi connectivity index (χ1v) is 6.50. The monoisotopic (exact) mass is 227 g/mol. The Morgan fingerprint density at radius 3 is 2.87 bits per heavy atom. The van der Waals surface area contributed by atoms with E-state index in [4.69, 9.17) is 0 Å². The molecule has 1 heterocycles. The van der Waals surface area contributed by atoms with E-state index in [1.807, 2.05) is 5.51 Å². The van der Waals surface area contributed by atoms with E-state index >= 15 is 0 Å². The maximum atomic E-state index is 4.31. The fourth-order valence-corrected chi connectivity index (χ4v) is 2.17. The summed E-state index contributed by atoms with van der Waals surface area (Å²) >= 11 is 1.67. The SMILES string of the molecule is CCNCC(CC)N(C)Cc1cscn1. The highest BCUT2D eigenvalue weighted by Gasteiger charge is 2.12. The van der Waals surface area contributed by atoms with Gasteiger partial charge in [0.25, 0.3) is 0 Å². The lowest BCUT2D eigenvalue weighted by molar-refractivity contribution is 0.220. The van der Waals surface area contributed by atoms with Crippen LogP contribution in [-0.4, -0.2) is 36.1 Å². The predicted octanol–water partition coefficient (Wildman–Crippen LogP) is 1.96. The topological polar surface area (TPSA) is 28.2 Å². The van der Waals surface area contributed by atoms with Gasteiger partial charge in [-0.2, -0.15) is 0 Å². The van der Waals surface area contributed by atoms with Crippen LogP contribution in [0.15, 0.2) is 10.9 Å². The molecule has 0 bridgehead atoms. The third kappa shape index (κ3) is 4.28. The molecule has 0 spiro atoms. The molecule has 0 fully saturated rings. The zero-order valence-corrected chi connectivity index (χ0v) is 10.7. The van der Waals surface area contributed by atoms with Gasteiger partial charge in [0.1, 0.15) is 0 Å². The largest absolute Gasteiger partial charge is 0.315 e. The summed E-state index contributed by atoms with van der Waals surface area (Å²) in [5.41, 5.74) is 3.08. The highest BCUT2D eigenvalue weighted by Crippen LogP contribution is 2.08. The Hall–Kier alpha value is -0.450. The van der Waals surface area contributed by atoms with Crippen LogP contribution < -0.4 is 5.32 Å². The van der Waals surface area contributed by atoms with Crippen LogP contribution in [0.3, 0.4) is 0 Å². The van der Waals surface area contributed by atoms with Crippen molar-refractivity contribution in [2.45, 2.75) is 32.9 Å². The number of nitrogens with zero attached hydrogens (tertiary/aromatic N) is 2. The van der Waals surface area contributed by atoms with Crippen molar-refractivity contribution in [1.29, 1.82) is 0 Å². The van der Waals surface area contributed by atoms with Crippen molar-refractivity contribution in [2.24, 2.45) is 0 Å². The van der Waals surface area contributed by atoms with E-state index in [0.717, 1.165) is 19.6 Å². The van der Waals surface area contributed by atoms with Gasteiger partial charge < -0.3 is 5.32 Å². The molecule has 4 heteroatoms. The third-order valence-corrected chi connectivity index (χ3v) is 3.25. The number of rotatable bonds is 7. The van der Waals surface area contributed by atoms with Crippen LogP contribution in [-0.2, 0) is 6.54 Å². The molecule has 1 aromatic rings. The van der Waals surface area contributed by atoms with Crippen molar-refractivity contribution in [3.63, 3.8) is 0 Å². The molecule has 0 aromatic carbocycles. The minimum absolute atomic E-state index is 0.603. The van der Waals surface area contributed by atoms with Gasteiger partial charge in [-0.05, 0) is 20.0 Å². The molecule has 0 aliphatic carbocycles. The zero-order valence-electron chi connectivity index (χ0n) is 9.86. The summed E-state index contributed by atoms with van der Waals surface area (Å²) in [6, 6.07) is 0.603. The van der Waals surface area contributed by atoms with Gasteiger partial charge in [0, 0.05) is 24.5 Å². The van der Waals surface area contributed by atoms with Gasteiger partial charge in [-0.25, -0.2) is 4.98 Å². The molecule has 0 saturated carbocycles. The first kappa shape index (κ1) is 12.6. The molecule has 0 aliphatic heterocycles. The minimum Gasteiger partial charge on any atom is -0.315 e. The van der Waals surface area contributed by atoms with Gasteiger partial charge in [-0.15, -0.1) is 11.3 Å². The van der Waals surface area contributed by atoms with Crippen LogP contribution >= 0.6 is 11.3 Å². The highest BCUT2D eigenvalue weighted by atomic mass is 32.1. The molecule has 0 amide bonds. The molecule has 1 atom stereocenters. The molecule has 1 aromatic heterocycles. The van der Waals surface area contributed by atoms with Crippen LogP contribution in [0.2, 0.25) is 0 Å². The number of aromatic nitrogens is 1. The molecule has 0 aliphatic rings. The fourth-order valence-electron chi connectivity index (χ4n) is 1.62. The molecular formula is C11H21N3S. The van der Waals surface area contributed by atoms with E-state index in [0.29, 0.717) is 6.04 Å². The summed E-state index contributed by atoms with van der Waals surface area (Å²) in [6.45, 7) is 7.44. The van der Waals surface area contributed by atoms with Crippen LogP contribution in [0.4, 0.5) is 0 Å². The minimum atomic E-state index is 0.603. The van der Waals surface area contributed by atoms with E-state index in [-0.39, 0.29) is 0 Å². The Morgan fingerprint density at radius 2 is 2.33 bits per heavy atom. The summed E-state index contributed by atoms with van der Waals surface area (Å²) in [4.78, 5) is 6.68. The summed E-state index contributed by atoms with van der Waals surface area (Å²) in [5, 5.41) is 5.52. The smallest absolute Gasteiger partial charge is 0.0795 e. The molecule has 1 N–H and O–H groups in total. The van der Waals surface area contributed by atoms with Crippen LogP contribution in [0.25, 0.3) is 0 Å². The summed E-state index contributed by atoms with van der Waals surface area (Å²) in [7, 11) is 2.17. The average Bonchev–Trinajstić information content (AvgIpc) is 2.71. The summed E-state index contributed by atoms with van der Waals surface area (Å²) in [6.07, 6.45) is 1.17. The first-order valence-electron chi connectivity index (χ1n) is 5.55. The van der Waals surface area contributed by atoms with Gasteiger partial charge in [-0.1, -0.05) is 13.8 Å². The van der Waals surface area contributed by atoms with Crippen molar-refractivity contribution in [3.8, 4) is 0 Å². The number of likely N-dealkylation sites (N-methyl/N-ethyl adjacent to an activating group) is 2. The molecule has 1 unspecified atom stereocenters. The van der Waals surface area contributed by atoms with E-state index < -0.39 is 0 Å². The summed E-state index contributed by atoms with van der Waals surface area (Å²) in [5.74, 6) is 0. The van der Waals surface area contributed by atoms with Gasteiger partial charge >= 0.3 is 0 Å². The molecule has 3 nitrogen and oxygen atoms in total. The normalized spacial score (nSPS) is 13.3. The van der Waals surface area contributed by atoms with E-state index in [9.17, 15) is 0 Å². The number of hydrogen-bond donors (Lipinski definition) is 1. The quantitative estimate of drug-likeness (QED) is 0.772. The average molecular weight is 227 g/mol. The van der Waals surface area contributed by atoms with Crippen LogP contribution in [0.5, 0.6) is 0 Å². The number of hydrogen-bond acceptors (Lipinski definition) is 4. The first-order chi connectivity index (χ1) is 7.27. The Kier molecular flexibility index (Phi) is 5.83. The summed E-state index contributed by atoms with van der Waals surface area (Å²) < 4.78 is 0. The molecule has 0 saturated heterocycles. The maximum Gasteiger partial charge on any atom is 0.0795 e. The van der Waals surface area contributed by atoms with Crippen molar-refractivity contribution < 1.29 is 0 Å². The number of nitrogens with one attached hydrogen (secondary N) is 1. The van der Waals surface area contributed by atoms with E-state index in [2.05, 4.69) is 41.5 Å². The second-order valence-corrected chi connectivity index (χ2v) is 4.48. The predicted molar refractivity (Wildman–Crippen MR) is 66.2 cm³/mol. The Bertz CT molecular complexity index is 248. The molecule has 86 valence electrons. The lowest BCUT2D eigenvalue weighted by Gasteiger charge is -2.26. The van der Waals surface area contributed by atoms with Crippen molar-refractivity contribution >= 4 is 11.3 Å². The maximum absolute atomic E-state index is 4.31. The molecule has 1 rings (SSSR count). The van der Waals surface area contributed by atoms with Crippen molar-refractivity contribution in [1.82, 2.24) is 15.2 Å². The van der Waals surface area contributed by atoms with E-state index in [1.165, 1.54) is 12.1 Å². The zero-order chi connectivity index (χ0) is 11.1. The standard InChI is InChI=1S/C11H21N3S/c1-4-11(6-12-5-2)14(3)7-10-8-15-9-13-10/h8-9,11-12H,4-7H2,1-3H3. The second-order valence-electron chi connectivity index (χ2n) is 3.76. The van der Waals surface area contributed by atoms with Crippen molar-refractivity contribution in [3.05, 3.63) is 16.6 Å². The van der Waals surface area contributed by atoms with Gasteiger partial charge in [0.2, 0.25) is 0 Å². The highest BCUT2D eigenvalue weighted by molar-refractivity contribution is 7.07. The van der Waals surface area contributed by atoms with Crippen LogP contribution in [0.1, 0.15) is 26.0 Å². The van der Waals surface area contributed by atoms with Gasteiger partial charge in [-0.3, -0.25) is 4.90 Å². The molecular weight excluding hydrogens is 206 g/mol. The fraction of sp³-hybridized carbons (Fsp3) is 0.727. The van der Waals surface area contributed by atoms with Gasteiger partial charge in [0.05, 0.1) is 11.2 Å². The lowest BCUT2D eigenvalue weighted by Crippen LogP contribution is -2.39. The molecule has 15 heavy (non-hydrogen) atoms. The van der Waals surface area contributed by atoms with Crippen LogP contribution in [0, 0.1) is 0 Å². The van der Waals surface area contributed by atoms with Crippen molar-refractivity contribution in [2.75, 3.05) is 20.1 Å². The van der Waals surface area contributed by atoms with E-state index in [1.54, 1.807) is 11.3 Å². The number of thiazole rings is 1. The third-order valence-electron chi connectivity index (χ3n) is 2.62.